The third-order valence-electron chi connectivity index (χ3n) is 5.62. The Morgan fingerprint density at radius 3 is 2.26 bits per heavy atom. The predicted molar refractivity (Wildman–Crippen MR) is 112 cm³/mol. The molecular weight excluding hydrogens is 453 g/mol. The van der Waals surface area contributed by atoms with Crippen molar-refractivity contribution < 1.29 is 19.4 Å². The number of rotatable bonds is 4. The second-order valence-electron chi connectivity index (χ2n) is 7.37. The number of imide groups is 1. The second-order valence-corrected chi connectivity index (χ2v) is 8.62. The molecule has 0 aliphatic carbocycles. The van der Waals surface area contributed by atoms with Crippen LogP contribution in [-0.4, -0.2) is 44.0 Å². The zero-order chi connectivity index (χ0) is 18.8. The second kappa shape index (κ2) is 8.08. The molecule has 2 aliphatic heterocycles. The smallest absolute Gasteiger partial charge is 0.292 e. The summed E-state index contributed by atoms with van der Waals surface area (Å²) in [6.07, 6.45) is 0.328. The van der Waals surface area contributed by atoms with Gasteiger partial charge in [0.2, 0.25) is 5.91 Å². The summed E-state index contributed by atoms with van der Waals surface area (Å²) in [5.41, 5.74) is 2.05. The van der Waals surface area contributed by atoms with Gasteiger partial charge in [-0.25, -0.2) is 4.90 Å². The molecule has 0 unspecified atom stereocenters. The summed E-state index contributed by atoms with van der Waals surface area (Å²) in [4.78, 5) is 29.7. The topological polar surface area (TPSA) is 46.3 Å². The van der Waals surface area contributed by atoms with E-state index in [2.05, 4.69) is 46.9 Å². The highest BCUT2D eigenvalue weighted by molar-refractivity contribution is 14.1. The van der Waals surface area contributed by atoms with Crippen molar-refractivity contribution in [1.82, 2.24) is 0 Å². The fourth-order valence-corrected chi connectivity index (χ4v) is 4.51. The lowest BCUT2D eigenvalue weighted by Gasteiger charge is -2.32. The molecule has 0 radical (unpaired) electrons. The van der Waals surface area contributed by atoms with E-state index in [1.54, 1.807) is 4.90 Å². The molecule has 140 valence electrons. The third kappa shape index (κ3) is 4.07. The average Bonchev–Trinajstić information content (AvgIpc) is 2.98. The first kappa shape index (κ1) is 18.6. The molecule has 2 fully saturated rings. The van der Waals surface area contributed by atoms with E-state index in [1.165, 1.54) is 15.4 Å². The van der Waals surface area contributed by atoms with Crippen LogP contribution in [0.4, 0.5) is 5.69 Å². The van der Waals surface area contributed by atoms with Crippen molar-refractivity contribution >= 4 is 40.1 Å². The number of piperazine rings is 1. The van der Waals surface area contributed by atoms with Gasteiger partial charge in [-0.05, 0) is 46.9 Å². The van der Waals surface area contributed by atoms with Crippen molar-refractivity contribution in [3.63, 3.8) is 0 Å². The lowest BCUT2D eigenvalue weighted by atomic mass is 10.1. The summed E-state index contributed by atoms with van der Waals surface area (Å²) in [6, 6.07) is 17.9. The number of carbonyl (C=O) groups excluding carboxylic acids is 2. The van der Waals surface area contributed by atoms with Gasteiger partial charge in [0.25, 0.3) is 5.91 Å². The van der Waals surface area contributed by atoms with Gasteiger partial charge in [0.1, 0.15) is 32.7 Å². The Morgan fingerprint density at radius 2 is 1.59 bits per heavy atom. The van der Waals surface area contributed by atoms with Crippen LogP contribution < -0.4 is 14.7 Å². The molecule has 5 nitrogen and oxygen atoms in total. The molecule has 6 heteroatoms. The van der Waals surface area contributed by atoms with Gasteiger partial charge in [-0.1, -0.05) is 30.3 Å². The summed E-state index contributed by atoms with van der Waals surface area (Å²) in [7, 11) is 0. The maximum Gasteiger partial charge on any atom is 0.292 e. The van der Waals surface area contributed by atoms with Crippen LogP contribution in [0.1, 0.15) is 12.0 Å². The number of nitrogens with one attached hydrogen (secondary N) is 2. The predicted octanol–water partition coefficient (Wildman–Crippen LogP) is -0.0933. The highest BCUT2D eigenvalue weighted by Crippen LogP contribution is 2.22. The van der Waals surface area contributed by atoms with Gasteiger partial charge < -0.3 is 9.80 Å². The molecule has 4 rings (SSSR count). The van der Waals surface area contributed by atoms with Crippen molar-refractivity contribution in [3.05, 3.63) is 63.7 Å². The molecule has 2 N–H and O–H groups in total. The lowest BCUT2D eigenvalue weighted by Crippen LogP contribution is -3.29. The zero-order valence-electron chi connectivity index (χ0n) is 15.2. The molecule has 2 saturated heterocycles. The van der Waals surface area contributed by atoms with E-state index < -0.39 is 0 Å². The Balaban J connectivity index is 1.38. The molecule has 27 heavy (non-hydrogen) atoms. The number of anilines is 1. The average molecular weight is 477 g/mol. The van der Waals surface area contributed by atoms with Crippen LogP contribution in [0, 0.1) is 3.57 Å². The summed E-state index contributed by atoms with van der Waals surface area (Å²) in [5.74, 6) is -0.111. The Bertz CT molecular complexity index is 817. The van der Waals surface area contributed by atoms with Crippen molar-refractivity contribution in [2.75, 3.05) is 31.1 Å². The Hall–Kier alpha value is -1.77. The minimum Gasteiger partial charge on any atom is -0.322 e. The molecule has 0 saturated carbocycles. The summed E-state index contributed by atoms with van der Waals surface area (Å²) < 4.78 is 1.09. The number of hydrogen-bond donors (Lipinski definition) is 2. The number of hydrogen-bond acceptors (Lipinski definition) is 2. The van der Waals surface area contributed by atoms with Gasteiger partial charge in [-0.15, -0.1) is 0 Å². The first-order valence-electron chi connectivity index (χ1n) is 9.46. The summed E-state index contributed by atoms with van der Waals surface area (Å²) >= 11 is 2.22. The summed E-state index contributed by atoms with van der Waals surface area (Å²) in [5, 5.41) is 0. The minimum absolute atomic E-state index is 0.0392. The van der Waals surface area contributed by atoms with Gasteiger partial charge in [0.15, 0.2) is 6.04 Å². The Morgan fingerprint density at radius 1 is 0.926 bits per heavy atom. The molecule has 2 aliphatic rings. The van der Waals surface area contributed by atoms with Crippen LogP contribution in [0.5, 0.6) is 0 Å². The highest BCUT2D eigenvalue weighted by atomic mass is 127. The molecule has 0 aromatic heterocycles. The van der Waals surface area contributed by atoms with Crippen LogP contribution in [0.2, 0.25) is 0 Å². The van der Waals surface area contributed by atoms with E-state index in [0.717, 1.165) is 36.3 Å². The van der Waals surface area contributed by atoms with Gasteiger partial charge in [0.05, 0.1) is 12.1 Å². The van der Waals surface area contributed by atoms with Crippen molar-refractivity contribution in [1.29, 1.82) is 0 Å². The maximum atomic E-state index is 12.9. The maximum absolute atomic E-state index is 12.9. The standard InChI is InChI=1S/C21H22IN3O2/c22-17-6-8-18(9-7-17)25-20(26)14-19(21(25)27)24-12-10-23(11-13-24)15-16-4-2-1-3-5-16/h1-9,19H,10-15H2/p+2/t19-/m1/s1. The molecule has 0 bridgehead atoms. The minimum atomic E-state index is -0.227. The molecular formula is C21H24IN3O2+2. The molecule has 2 amide bonds. The zero-order valence-corrected chi connectivity index (χ0v) is 17.3. The number of nitrogens with zero attached hydrogens (tertiary/aromatic N) is 1. The highest BCUT2D eigenvalue weighted by Gasteiger charge is 2.46. The van der Waals surface area contributed by atoms with Crippen LogP contribution in [-0.2, 0) is 16.1 Å². The van der Waals surface area contributed by atoms with E-state index >= 15 is 0 Å². The van der Waals surface area contributed by atoms with Crippen LogP contribution in [0.25, 0.3) is 0 Å². The fraction of sp³-hybridized carbons (Fsp3) is 0.333. The molecule has 1 atom stereocenters. The first-order chi connectivity index (χ1) is 13.1. The fourth-order valence-electron chi connectivity index (χ4n) is 4.15. The van der Waals surface area contributed by atoms with E-state index in [-0.39, 0.29) is 17.9 Å². The summed E-state index contributed by atoms with van der Waals surface area (Å²) in [6.45, 7) is 4.97. The van der Waals surface area contributed by atoms with Gasteiger partial charge in [-0.2, -0.15) is 0 Å². The van der Waals surface area contributed by atoms with E-state index in [4.69, 9.17) is 0 Å². The third-order valence-corrected chi connectivity index (χ3v) is 6.34. The quantitative estimate of drug-likeness (QED) is 0.478. The largest absolute Gasteiger partial charge is 0.322 e. The SMILES string of the molecule is O=C1C[C@@H]([NH+]2CC[NH+](Cc3ccccc3)CC2)C(=O)N1c1ccc(I)cc1. The Kier molecular flexibility index (Phi) is 5.56. The van der Waals surface area contributed by atoms with Gasteiger partial charge in [-0.3, -0.25) is 9.59 Å². The van der Waals surface area contributed by atoms with E-state index in [1.807, 2.05) is 30.3 Å². The monoisotopic (exact) mass is 477 g/mol. The molecule has 2 aromatic rings. The molecule has 0 spiro atoms. The van der Waals surface area contributed by atoms with Crippen molar-refractivity contribution in [3.8, 4) is 0 Å². The number of carbonyl (C=O) groups is 2. The molecule has 2 heterocycles. The number of halogens is 1. The lowest BCUT2D eigenvalue weighted by molar-refractivity contribution is -1.02. The van der Waals surface area contributed by atoms with Crippen LogP contribution in [0.15, 0.2) is 54.6 Å². The normalized spacial score (nSPS) is 25.8. The number of benzene rings is 2. The van der Waals surface area contributed by atoms with Crippen molar-refractivity contribution in [2.24, 2.45) is 0 Å². The Labute approximate surface area is 173 Å². The number of amides is 2. The number of quaternary nitrogens is 2. The first-order valence-corrected chi connectivity index (χ1v) is 10.5. The van der Waals surface area contributed by atoms with Crippen LogP contribution >= 0.6 is 22.6 Å². The van der Waals surface area contributed by atoms with Crippen molar-refractivity contribution in [2.45, 2.75) is 19.0 Å². The molecule has 2 aromatic carbocycles. The van der Waals surface area contributed by atoms with Crippen LogP contribution in [0.3, 0.4) is 0 Å². The van der Waals surface area contributed by atoms with E-state index in [9.17, 15) is 9.59 Å². The van der Waals surface area contributed by atoms with Gasteiger partial charge >= 0.3 is 0 Å². The van der Waals surface area contributed by atoms with Gasteiger partial charge in [0, 0.05) is 9.13 Å². The van der Waals surface area contributed by atoms with E-state index in [0.29, 0.717) is 12.1 Å².